The second-order valence-corrected chi connectivity index (χ2v) is 9.77. The van der Waals surface area contributed by atoms with Crippen LogP contribution < -0.4 is 10.0 Å². The van der Waals surface area contributed by atoms with Crippen LogP contribution in [0.3, 0.4) is 0 Å². The molecule has 2 heterocycles. The fraction of sp³-hybridized carbons (Fsp3) is 0.706. The van der Waals surface area contributed by atoms with Crippen molar-refractivity contribution in [1.82, 2.24) is 15.0 Å². The number of piperidine rings is 1. The van der Waals surface area contributed by atoms with Gasteiger partial charge in [-0.2, -0.15) is 0 Å². The minimum atomic E-state index is -1.07. The van der Waals surface area contributed by atoms with Crippen molar-refractivity contribution >= 4 is 11.0 Å². The predicted molar refractivity (Wildman–Crippen MR) is 91.0 cm³/mol. The van der Waals surface area contributed by atoms with E-state index in [0.717, 1.165) is 32.4 Å². The van der Waals surface area contributed by atoms with Crippen molar-refractivity contribution < 1.29 is 4.21 Å². The molecule has 1 spiro atoms. The van der Waals surface area contributed by atoms with Crippen molar-refractivity contribution in [3.63, 3.8) is 0 Å². The molecule has 4 nitrogen and oxygen atoms in total. The fourth-order valence-electron chi connectivity index (χ4n) is 3.65. The molecular weight excluding hydrogens is 294 g/mol. The van der Waals surface area contributed by atoms with Gasteiger partial charge in [0.05, 0.1) is 21.8 Å². The van der Waals surface area contributed by atoms with E-state index in [9.17, 15) is 4.21 Å². The van der Waals surface area contributed by atoms with Gasteiger partial charge in [-0.15, -0.1) is 0 Å². The molecular formula is C17H27N3OS. The van der Waals surface area contributed by atoms with Crippen LogP contribution in [0.4, 0.5) is 0 Å². The van der Waals surface area contributed by atoms with Gasteiger partial charge in [-0.3, -0.25) is 4.98 Å². The maximum atomic E-state index is 12.7. The Balaban J connectivity index is 1.97. The van der Waals surface area contributed by atoms with Crippen molar-refractivity contribution in [2.24, 2.45) is 5.41 Å². The maximum absolute atomic E-state index is 12.7. The Kier molecular flexibility index (Phi) is 4.16. The molecule has 1 fully saturated rings. The first-order valence-electron chi connectivity index (χ1n) is 8.16. The molecule has 0 aromatic carbocycles. The molecule has 122 valence electrons. The highest BCUT2D eigenvalue weighted by atomic mass is 32.2. The zero-order chi connectivity index (χ0) is 16.0. The average Bonchev–Trinajstić information content (AvgIpc) is 2.72. The Morgan fingerprint density at radius 3 is 2.68 bits per heavy atom. The molecule has 1 aromatic heterocycles. The highest BCUT2D eigenvalue weighted by Gasteiger charge is 2.48. The third-order valence-electron chi connectivity index (χ3n) is 4.96. The van der Waals surface area contributed by atoms with Crippen LogP contribution in [0, 0.1) is 12.3 Å². The number of fused-ring (bicyclic) bond motifs is 1. The molecule has 1 unspecified atom stereocenters. The Labute approximate surface area is 136 Å². The summed E-state index contributed by atoms with van der Waals surface area (Å²) in [6.07, 6.45) is 5.18. The monoisotopic (exact) mass is 321 g/mol. The summed E-state index contributed by atoms with van der Waals surface area (Å²) in [5, 5.41) is 3.45. The molecule has 2 atom stereocenters. The molecule has 0 radical (unpaired) electrons. The molecule has 0 bridgehead atoms. The average molecular weight is 321 g/mol. The number of aromatic nitrogens is 1. The Morgan fingerprint density at radius 2 is 2.05 bits per heavy atom. The van der Waals surface area contributed by atoms with Gasteiger partial charge in [0.1, 0.15) is 0 Å². The molecule has 2 aliphatic rings. The van der Waals surface area contributed by atoms with Crippen LogP contribution in [0.5, 0.6) is 0 Å². The fourth-order valence-corrected chi connectivity index (χ4v) is 4.59. The van der Waals surface area contributed by atoms with Gasteiger partial charge in [-0.05, 0) is 76.6 Å². The van der Waals surface area contributed by atoms with E-state index >= 15 is 0 Å². The van der Waals surface area contributed by atoms with Crippen LogP contribution in [0.2, 0.25) is 0 Å². The van der Waals surface area contributed by atoms with E-state index in [1.165, 1.54) is 16.8 Å². The largest absolute Gasteiger partial charge is 0.317 e. The van der Waals surface area contributed by atoms with Crippen LogP contribution in [0.25, 0.3) is 0 Å². The predicted octanol–water partition coefficient (Wildman–Crippen LogP) is 2.41. The van der Waals surface area contributed by atoms with Crippen LogP contribution in [0.15, 0.2) is 12.3 Å². The van der Waals surface area contributed by atoms with Gasteiger partial charge in [0.25, 0.3) is 0 Å². The summed E-state index contributed by atoms with van der Waals surface area (Å²) < 4.78 is 15.9. The Hall–Kier alpha value is -0.780. The lowest BCUT2D eigenvalue weighted by molar-refractivity contribution is 0.164. The van der Waals surface area contributed by atoms with Gasteiger partial charge >= 0.3 is 0 Å². The van der Waals surface area contributed by atoms with Crippen LogP contribution >= 0.6 is 0 Å². The quantitative estimate of drug-likeness (QED) is 0.879. The first-order chi connectivity index (χ1) is 10.3. The summed E-state index contributed by atoms with van der Waals surface area (Å²) in [4.78, 5) is 4.67. The third-order valence-corrected chi connectivity index (χ3v) is 6.53. The lowest BCUT2D eigenvalue weighted by Crippen LogP contribution is -2.46. The SMILES string of the molecule is Cc1cnc2c(c1)[C@@H](NS(=O)C(C)(C)C)C1(CCNCC1)C2. The Bertz CT molecular complexity index is 588. The lowest BCUT2D eigenvalue weighted by atomic mass is 9.74. The summed E-state index contributed by atoms with van der Waals surface area (Å²) in [6, 6.07) is 2.38. The van der Waals surface area contributed by atoms with E-state index in [-0.39, 0.29) is 16.2 Å². The summed E-state index contributed by atoms with van der Waals surface area (Å²) in [7, 11) is -1.07. The van der Waals surface area contributed by atoms with Gasteiger partial charge < -0.3 is 5.32 Å². The summed E-state index contributed by atoms with van der Waals surface area (Å²) in [6.45, 7) is 10.2. The van der Waals surface area contributed by atoms with Gasteiger partial charge in [0.15, 0.2) is 0 Å². The summed E-state index contributed by atoms with van der Waals surface area (Å²) in [5.41, 5.74) is 3.79. The number of hydrogen-bond acceptors (Lipinski definition) is 3. The molecule has 1 aliphatic carbocycles. The van der Waals surface area contributed by atoms with Gasteiger partial charge in [0, 0.05) is 11.9 Å². The van der Waals surface area contributed by atoms with Gasteiger partial charge in [0.2, 0.25) is 0 Å². The van der Waals surface area contributed by atoms with Crippen LogP contribution in [0.1, 0.15) is 56.5 Å². The summed E-state index contributed by atoms with van der Waals surface area (Å²) >= 11 is 0. The van der Waals surface area contributed by atoms with Crippen molar-refractivity contribution in [2.45, 2.75) is 57.7 Å². The molecule has 1 aromatic rings. The van der Waals surface area contributed by atoms with Crippen molar-refractivity contribution in [1.29, 1.82) is 0 Å². The minimum absolute atomic E-state index is 0.150. The van der Waals surface area contributed by atoms with Crippen LogP contribution in [-0.4, -0.2) is 27.0 Å². The van der Waals surface area contributed by atoms with E-state index < -0.39 is 11.0 Å². The standard InChI is InChI=1S/C17H27N3OS/c1-12-9-13-14(19-11-12)10-17(5-7-18-8-6-17)15(13)20-22(21)16(2,3)4/h9,11,15,18,20H,5-8,10H2,1-4H3/t15-,22?/m1/s1. The minimum Gasteiger partial charge on any atom is -0.317 e. The first-order valence-corrected chi connectivity index (χ1v) is 9.31. The number of nitrogens with zero attached hydrogens (tertiary/aromatic N) is 1. The molecule has 0 amide bonds. The van der Waals surface area contributed by atoms with Gasteiger partial charge in [-0.1, -0.05) is 6.07 Å². The topological polar surface area (TPSA) is 54.0 Å². The van der Waals surface area contributed by atoms with E-state index in [2.05, 4.69) is 28.0 Å². The van der Waals surface area contributed by atoms with E-state index in [0.29, 0.717) is 0 Å². The van der Waals surface area contributed by atoms with E-state index in [1.807, 2.05) is 27.0 Å². The third kappa shape index (κ3) is 2.86. The number of rotatable bonds is 2. The number of hydrogen-bond donors (Lipinski definition) is 2. The van der Waals surface area contributed by atoms with E-state index in [1.54, 1.807) is 0 Å². The molecule has 22 heavy (non-hydrogen) atoms. The zero-order valence-corrected chi connectivity index (χ0v) is 14.8. The Morgan fingerprint density at radius 1 is 1.36 bits per heavy atom. The molecule has 0 saturated carbocycles. The molecule has 5 heteroatoms. The molecule has 3 rings (SSSR count). The molecule has 1 aliphatic heterocycles. The van der Waals surface area contributed by atoms with Gasteiger partial charge in [-0.25, -0.2) is 8.93 Å². The number of nitrogens with one attached hydrogen (secondary N) is 2. The molecule has 1 saturated heterocycles. The van der Waals surface area contributed by atoms with Crippen molar-refractivity contribution in [3.05, 3.63) is 29.1 Å². The molecule has 2 N–H and O–H groups in total. The summed E-state index contributed by atoms with van der Waals surface area (Å²) in [5.74, 6) is 0. The second-order valence-electron chi connectivity index (χ2n) is 7.77. The smallest absolute Gasteiger partial charge is 0.0976 e. The van der Waals surface area contributed by atoms with Crippen molar-refractivity contribution in [2.75, 3.05) is 13.1 Å². The lowest BCUT2D eigenvalue weighted by Gasteiger charge is -2.40. The van der Waals surface area contributed by atoms with E-state index in [4.69, 9.17) is 0 Å². The van der Waals surface area contributed by atoms with Crippen molar-refractivity contribution in [3.8, 4) is 0 Å². The maximum Gasteiger partial charge on any atom is 0.0976 e. The number of pyridine rings is 1. The normalized spacial score (nSPS) is 25.2. The highest BCUT2D eigenvalue weighted by Crippen LogP contribution is 2.51. The second kappa shape index (κ2) is 5.69. The zero-order valence-electron chi connectivity index (χ0n) is 14.0. The first kappa shape index (κ1) is 16.1. The van der Waals surface area contributed by atoms with Crippen LogP contribution in [-0.2, 0) is 17.4 Å². The number of aryl methyl sites for hydroxylation is 1. The highest BCUT2D eigenvalue weighted by molar-refractivity contribution is 7.84.